The number of halogens is 1. The van der Waals surface area contributed by atoms with Gasteiger partial charge in [0.05, 0.1) is 12.3 Å². The van der Waals surface area contributed by atoms with Crippen molar-refractivity contribution in [1.82, 2.24) is 9.80 Å². The van der Waals surface area contributed by atoms with Crippen molar-refractivity contribution in [1.29, 1.82) is 0 Å². The molecule has 2 aromatic carbocycles. The predicted molar refractivity (Wildman–Crippen MR) is 140 cm³/mol. The SMILES string of the molecule is CCC1=C(C(=O)OCCc2ccccc2)N2CCN(c3c(C)cc(C)cc3Br)C2N1CCC(N)=O. The van der Waals surface area contributed by atoms with Crippen LogP contribution in [0.25, 0.3) is 0 Å². The summed E-state index contributed by atoms with van der Waals surface area (Å²) in [6.45, 7) is 8.40. The summed E-state index contributed by atoms with van der Waals surface area (Å²) in [5, 5.41) is 0. The van der Waals surface area contributed by atoms with Gasteiger partial charge in [0.15, 0.2) is 6.29 Å². The van der Waals surface area contributed by atoms with Crippen molar-refractivity contribution in [3.8, 4) is 0 Å². The number of esters is 1. The molecule has 35 heavy (non-hydrogen) atoms. The average molecular weight is 541 g/mol. The van der Waals surface area contributed by atoms with Crippen LogP contribution < -0.4 is 10.6 Å². The number of benzene rings is 2. The maximum Gasteiger partial charge on any atom is 0.356 e. The monoisotopic (exact) mass is 540 g/mol. The van der Waals surface area contributed by atoms with E-state index in [0.717, 1.165) is 33.5 Å². The summed E-state index contributed by atoms with van der Waals surface area (Å²) in [5.41, 5.74) is 11.6. The fourth-order valence-corrected chi connectivity index (χ4v) is 6.08. The number of allylic oxidation sites excluding steroid dienone is 1. The molecule has 1 atom stereocenters. The van der Waals surface area contributed by atoms with Gasteiger partial charge in [-0.25, -0.2) is 4.79 Å². The zero-order valence-electron chi connectivity index (χ0n) is 20.6. The normalized spacial score (nSPS) is 17.3. The van der Waals surface area contributed by atoms with E-state index in [2.05, 4.69) is 56.6 Å². The molecule has 1 saturated heterocycles. The molecule has 2 N–H and O–H groups in total. The molecule has 0 radical (unpaired) electrons. The van der Waals surface area contributed by atoms with Gasteiger partial charge in [-0.05, 0) is 59.0 Å². The van der Waals surface area contributed by atoms with Gasteiger partial charge < -0.3 is 25.2 Å². The first-order valence-electron chi connectivity index (χ1n) is 12.1. The number of carbonyl (C=O) groups excluding carboxylic acids is 2. The van der Waals surface area contributed by atoms with Crippen molar-refractivity contribution >= 4 is 33.5 Å². The molecule has 2 aromatic rings. The van der Waals surface area contributed by atoms with Gasteiger partial charge in [0.25, 0.3) is 0 Å². The Morgan fingerprint density at radius 1 is 1.11 bits per heavy atom. The minimum atomic E-state index is -0.358. The molecule has 0 aromatic heterocycles. The molecule has 2 aliphatic heterocycles. The number of nitrogens with zero attached hydrogens (tertiary/aromatic N) is 3. The number of anilines is 1. The smallest absolute Gasteiger partial charge is 0.356 e. The van der Waals surface area contributed by atoms with E-state index in [9.17, 15) is 9.59 Å². The summed E-state index contributed by atoms with van der Waals surface area (Å²) in [6, 6.07) is 14.3. The topological polar surface area (TPSA) is 79.1 Å². The lowest BCUT2D eigenvalue weighted by molar-refractivity contribution is -0.140. The maximum atomic E-state index is 13.4. The Morgan fingerprint density at radius 2 is 1.83 bits per heavy atom. The second kappa shape index (κ2) is 10.7. The largest absolute Gasteiger partial charge is 0.461 e. The van der Waals surface area contributed by atoms with Gasteiger partial charge in [-0.1, -0.05) is 43.3 Å². The third-order valence-corrected chi connectivity index (χ3v) is 7.21. The van der Waals surface area contributed by atoms with Crippen LogP contribution in [0, 0.1) is 13.8 Å². The lowest BCUT2D eigenvalue weighted by atomic mass is 10.1. The number of nitrogens with two attached hydrogens (primary N) is 1. The van der Waals surface area contributed by atoms with E-state index in [1.165, 1.54) is 5.56 Å². The van der Waals surface area contributed by atoms with Crippen LogP contribution in [0.2, 0.25) is 0 Å². The van der Waals surface area contributed by atoms with Crippen molar-refractivity contribution in [3.63, 3.8) is 0 Å². The number of primary amides is 1. The highest BCUT2D eigenvalue weighted by Crippen LogP contribution is 2.42. The van der Waals surface area contributed by atoms with Crippen LogP contribution in [0.4, 0.5) is 5.69 Å². The highest BCUT2D eigenvalue weighted by atomic mass is 79.9. The number of hydrogen-bond acceptors (Lipinski definition) is 6. The molecular formula is C27H33BrN4O3. The molecule has 1 amide bonds. The summed E-state index contributed by atoms with van der Waals surface area (Å²) in [7, 11) is 0. The molecule has 1 unspecified atom stereocenters. The van der Waals surface area contributed by atoms with Gasteiger partial charge in [0.2, 0.25) is 5.91 Å². The van der Waals surface area contributed by atoms with E-state index in [0.29, 0.717) is 38.2 Å². The molecule has 0 aliphatic carbocycles. The molecular weight excluding hydrogens is 508 g/mol. The van der Waals surface area contributed by atoms with Crippen LogP contribution in [-0.2, 0) is 20.7 Å². The van der Waals surface area contributed by atoms with E-state index >= 15 is 0 Å². The predicted octanol–water partition coefficient (Wildman–Crippen LogP) is 4.07. The van der Waals surface area contributed by atoms with Crippen LogP contribution in [0.1, 0.15) is 36.5 Å². The van der Waals surface area contributed by atoms with Gasteiger partial charge in [0, 0.05) is 42.6 Å². The van der Waals surface area contributed by atoms with Gasteiger partial charge in [-0.2, -0.15) is 0 Å². The standard InChI is InChI=1S/C27H33BrN4O3/c1-4-22-25(26(34)35-15-11-20-8-6-5-7-9-20)32-14-13-31(27(32)30(22)12-10-23(29)33)24-19(3)16-18(2)17-21(24)28/h5-9,16-17,27H,4,10-15H2,1-3H3,(H2,29,33). The number of hydrogen-bond donors (Lipinski definition) is 1. The number of fused-ring (bicyclic) bond motifs is 1. The minimum absolute atomic E-state index is 0.210. The van der Waals surface area contributed by atoms with Crippen LogP contribution in [0.15, 0.2) is 58.3 Å². The first kappa shape index (κ1) is 25.1. The molecule has 1 fully saturated rings. The van der Waals surface area contributed by atoms with Crippen molar-refractivity contribution in [2.24, 2.45) is 5.73 Å². The molecule has 8 heteroatoms. The number of aryl methyl sites for hydroxylation is 2. The summed E-state index contributed by atoms with van der Waals surface area (Å²) >= 11 is 3.76. The fraction of sp³-hybridized carbons (Fsp3) is 0.407. The van der Waals surface area contributed by atoms with E-state index in [4.69, 9.17) is 10.5 Å². The van der Waals surface area contributed by atoms with E-state index in [1.54, 1.807) is 0 Å². The zero-order chi connectivity index (χ0) is 25.1. The molecule has 2 aliphatic rings. The number of carbonyl (C=O) groups is 2. The molecule has 0 saturated carbocycles. The van der Waals surface area contributed by atoms with Crippen molar-refractivity contribution in [2.45, 2.75) is 46.3 Å². The van der Waals surface area contributed by atoms with Crippen LogP contribution in [0.3, 0.4) is 0 Å². The average Bonchev–Trinajstić information content (AvgIpc) is 3.35. The fourth-order valence-electron chi connectivity index (χ4n) is 5.18. The van der Waals surface area contributed by atoms with E-state index in [1.807, 2.05) is 37.3 Å². The number of rotatable bonds is 9. The first-order valence-corrected chi connectivity index (χ1v) is 12.9. The van der Waals surface area contributed by atoms with Gasteiger partial charge in [-0.15, -0.1) is 0 Å². The zero-order valence-corrected chi connectivity index (χ0v) is 22.2. The van der Waals surface area contributed by atoms with Crippen LogP contribution >= 0.6 is 15.9 Å². The lowest BCUT2D eigenvalue weighted by Gasteiger charge is -2.37. The molecule has 2 heterocycles. The second-order valence-corrected chi connectivity index (χ2v) is 9.93. The summed E-state index contributed by atoms with van der Waals surface area (Å²) in [6.07, 6.45) is 1.32. The molecule has 7 nitrogen and oxygen atoms in total. The third kappa shape index (κ3) is 5.17. The Kier molecular flexibility index (Phi) is 7.69. The van der Waals surface area contributed by atoms with E-state index in [-0.39, 0.29) is 24.6 Å². The van der Waals surface area contributed by atoms with Crippen molar-refractivity contribution in [3.05, 3.63) is 75.0 Å². The highest BCUT2D eigenvalue weighted by Gasteiger charge is 2.48. The van der Waals surface area contributed by atoms with Crippen LogP contribution in [-0.4, -0.2) is 54.2 Å². The first-order chi connectivity index (χ1) is 16.8. The molecule has 0 spiro atoms. The molecule has 4 rings (SSSR count). The summed E-state index contributed by atoms with van der Waals surface area (Å²) in [4.78, 5) is 31.6. The Balaban J connectivity index is 1.62. The quantitative estimate of drug-likeness (QED) is 0.483. The maximum absolute atomic E-state index is 13.4. The number of ether oxygens (including phenoxy) is 1. The third-order valence-electron chi connectivity index (χ3n) is 6.60. The highest BCUT2D eigenvalue weighted by molar-refractivity contribution is 9.10. The van der Waals surface area contributed by atoms with Crippen molar-refractivity contribution < 1.29 is 14.3 Å². The van der Waals surface area contributed by atoms with Crippen molar-refractivity contribution in [2.75, 3.05) is 31.1 Å². The Bertz CT molecular complexity index is 1110. The summed E-state index contributed by atoms with van der Waals surface area (Å²) in [5.74, 6) is -0.672. The Morgan fingerprint density at radius 3 is 2.49 bits per heavy atom. The van der Waals surface area contributed by atoms with Gasteiger partial charge >= 0.3 is 5.97 Å². The van der Waals surface area contributed by atoms with Gasteiger partial charge in [0.1, 0.15) is 5.70 Å². The Hall–Kier alpha value is -3.00. The minimum Gasteiger partial charge on any atom is -0.461 e. The van der Waals surface area contributed by atoms with Crippen LogP contribution in [0.5, 0.6) is 0 Å². The summed E-state index contributed by atoms with van der Waals surface area (Å²) < 4.78 is 6.78. The second-order valence-electron chi connectivity index (χ2n) is 9.08. The number of amides is 1. The lowest BCUT2D eigenvalue weighted by Crippen LogP contribution is -2.48. The van der Waals surface area contributed by atoms with E-state index < -0.39 is 0 Å². The Labute approximate surface area is 215 Å². The molecule has 186 valence electrons. The molecule has 0 bridgehead atoms. The van der Waals surface area contributed by atoms with Gasteiger partial charge in [-0.3, -0.25) is 4.79 Å².